The van der Waals surface area contributed by atoms with Crippen molar-refractivity contribution >= 4 is 45.5 Å². The molecule has 1 unspecified atom stereocenters. The molecular formula is C10H8ClIN2OS. The van der Waals surface area contributed by atoms with E-state index in [1.54, 1.807) is 6.07 Å². The zero-order valence-electron chi connectivity index (χ0n) is 8.35. The Labute approximate surface area is 116 Å². The van der Waals surface area contributed by atoms with E-state index in [1.165, 1.54) is 11.3 Å². The Morgan fingerprint density at radius 1 is 1.44 bits per heavy atom. The highest BCUT2D eigenvalue weighted by atomic mass is 127. The van der Waals surface area contributed by atoms with Gasteiger partial charge in [0, 0.05) is 5.02 Å². The van der Waals surface area contributed by atoms with E-state index in [0.29, 0.717) is 5.02 Å². The maximum absolute atomic E-state index is 5.87. The minimum atomic E-state index is -0.112. The number of hydrogen-bond acceptors (Lipinski definition) is 4. The highest BCUT2D eigenvalue weighted by Crippen LogP contribution is 2.26. The standard InChI is InChI=1S/C10H8ClIN2OS/c1-6(9-13-14-10(12)16-9)15-8-4-2-3-7(11)5-8/h2-6H,1H3. The molecule has 0 aliphatic carbocycles. The van der Waals surface area contributed by atoms with Crippen molar-refractivity contribution in [2.75, 3.05) is 0 Å². The summed E-state index contributed by atoms with van der Waals surface area (Å²) < 4.78 is 6.63. The number of benzene rings is 1. The van der Waals surface area contributed by atoms with Gasteiger partial charge in [-0.3, -0.25) is 0 Å². The fourth-order valence-corrected chi connectivity index (χ4v) is 2.69. The first-order valence-electron chi connectivity index (χ1n) is 4.56. The summed E-state index contributed by atoms with van der Waals surface area (Å²) in [6, 6.07) is 7.32. The van der Waals surface area contributed by atoms with Gasteiger partial charge >= 0.3 is 0 Å². The Morgan fingerprint density at radius 3 is 2.88 bits per heavy atom. The van der Waals surface area contributed by atoms with Gasteiger partial charge in [-0.2, -0.15) is 0 Å². The van der Waals surface area contributed by atoms with Crippen LogP contribution in [0.25, 0.3) is 0 Å². The van der Waals surface area contributed by atoms with Crippen LogP contribution in [0.2, 0.25) is 5.02 Å². The number of nitrogens with zero attached hydrogens (tertiary/aromatic N) is 2. The van der Waals surface area contributed by atoms with Crippen LogP contribution in [0.3, 0.4) is 0 Å². The second-order valence-corrected chi connectivity index (χ2v) is 6.31. The lowest BCUT2D eigenvalue weighted by atomic mass is 10.3. The van der Waals surface area contributed by atoms with Crippen molar-refractivity contribution in [3.05, 3.63) is 37.3 Å². The summed E-state index contributed by atoms with van der Waals surface area (Å²) in [5.74, 6) is 0.741. The summed E-state index contributed by atoms with van der Waals surface area (Å²) in [5.41, 5.74) is 0. The van der Waals surface area contributed by atoms with Crippen LogP contribution in [0.5, 0.6) is 5.75 Å². The van der Waals surface area contributed by atoms with Crippen molar-refractivity contribution in [1.29, 1.82) is 0 Å². The molecule has 84 valence electrons. The maximum atomic E-state index is 5.87. The first-order valence-corrected chi connectivity index (χ1v) is 6.83. The summed E-state index contributed by atoms with van der Waals surface area (Å²) >= 11 is 9.54. The third kappa shape index (κ3) is 3.05. The zero-order valence-corrected chi connectivity index (χ0v) is 12.1. The fraction of sp³-hybridized carbons (Fsp3) is 0.200. The molecule has 0 fully saturated rings. The van der Waals surface area contributed by atoms with Gasteiger partial charge in [0.05, 0.1) is 0 Å². The largest absolute Gasteiger partial charge is 0.483 e. The van der Waals surface area contributed by atoms with E-state index in [0.717, 1.165) is 13.8 Å². The minimum absolute atomic E-state index is 0.112. The average Bonchev–Trinajstić information content (AvgIpc) is 2.65. The normalized spacial score (nSPS) is 12.4. The second-order valence-electron chi connectivity index (χ2n) is 3.11. The maximum Gasteiger partial charge on any atom is 0.178 e. The van der Waals surface area contributed by atoms with Crippen LogP contribution >= 0.6 is 45.5 Å². The molecule has 0 bridgehead atoms. The van der Waals surface area contributed by atoms with Crippen molar-refractivity contribution < 1.29 is 4.74 Å². The molecule has 1 aromatic carbocycles. The van der Waals surface area contributed by atoms with E-state index >= 15 is 0 Å². The Kier molecular flexibility index (Phi) is 3.99. The molecule has 0 saturated heterocycles. The second kappa shape index (κ2) is 5.29. The monoisotopic (exact) mass is 366 g/mol. The van der Waals surface area contributed by atoms with Crippen molar-refractivity contribution in [3.8, 4) is 5.75 Å². The van der Waals surface area contributed by atoms with Crippen LogP contribution in [0.15, 0.2) is 24.3 Å². The van der Waals surface area contributed by atoms with E-state index < -0.39 is 0 Å². The predicted octanol–water partition coefficient (Wildman–Crippen LogP) is 3.94. The first-order chi connectivity index (χ1) is 7.65. The molecule has 3 nitrogen and oxygen atoms in total. The topological polar surface area (TPSA) is 35.0 Å². The number of rotatable bonds is 3. The van der Waals surface area contributed by atoms with E-state index in [-0.39, 0.29) is 6.10 Å². The van der Waals surface area contributed by atoms with Crippen LogP contribution in [0.4, 0.5) is 0 Å². The molecule has 0 N–H and O–H groups in total. The van der Waals surface area contributed by atoms with Gasteiger partial charge in [-0.25, -0.2) is 0 Å². The predicted molar refractivity (Wildman–Crippen MR) is 73.1 cm³/mol. The van der Waals surface area contributed by atoms with Gasteiger partial charge in [-0.1, -0.05) is 29.0 Å². The number of halogens is 2. The van der Waals surface area contributed by atoms with Gasteiger partial charge in [0.1, 0.15) is 11.9 Å². The highest BCUT2D eigenvalue weighted by Gasteiger charge is 2.12. The third-order valence-corrected chi connectivity index (χ3v) is 3.86. The lowest BCUT2D eigenvalue weighted by molar-refractivity contribution is 0.225. The van der Waals surface area contributed by atoms with E-state index in [4.69, 9.17) is 16.3 Å². The molecule has 1 heterocycles. The molecule has 2 aromatic rings. The highest BCUT2D eigenvalue weighted by molar-refractivity contribution is 14.1. The zero-order chi connectivity index (χ0) is 11.5. The average molecular weight is 367 g/mol. The van der Waals surface area contributed by atoms with Gasteiger partial charge in [-0.15, -0.1) is 10.2 Å². The van der Waals surface area contributed by atoms with Crippen molar-refractivity contribution in [3.63, 3.8) is 0 Å². The van der Waals surface area contributed by atoms with Crippen LogP contribution in [-0.4, -0.2) is 10.2 Å². The van der Waals surface area contributed by atoms with E-state index in [9.17, 15) is 0 Å². The molecular weight excluding hydrogens is 359 g/mol. The summed E-state index contributed by atoms with van der Waals surface area (Å²) in [4.78, 5) is 0. The number of ether oxygens (including phenoxy) is 1. The SMILES string of the molecule is CC(Oc1cccc(Cl)c1)c1nnc(I)s1. The van der Waals surface area contributed by atoms with E-state index in [1.807, 2.05) is 25.1 Å². The summed E-state index contributed by atoms with van der Waals surface area (Å²) in [5, 5.41) is 9.51. The summed E-state index contributed by atoms with van der Waals surface area (Å²) in [7, 11) is 0. The van der Waals surface area contributed by atoms with Crippen LogP contribution in [0, 0.1) is 3.01 Å². The smallest absolute Gasteiger partial charge is 0.178 e. The van der Waals surface area contributed by atoms with Crippen LogP contribution in [0.1, 0.15) is 18.0 Å². The molecule has 0 saturated carbocycles. The Bertz CT molecular complexity index is 491. The molecule has 2 rings (SSSR count). The van der Waals surface area contributed by atoms with Gasteiger partial charge in [-0.05, 0) is 47.7 Å². The molecule has 0 spiro atoms. The quantitative estimate of drug-likeness (QED) is 0.772. The lowest BCUT2D eigenvalue weighted by Crippen LogP contribution is -2.02. The number of hydrogen-bond donors (Lipinski definition) is 0. The van der Waals surface area contributed by atoms with Crippen LogP contribution in [-0.2, 0) is 0 Å². The van der Waals surface area contributed by atoms with Gasteiger partial charge in [0.25, 0.3) is 0 Å². The third-order valence-electron chi connectivity index (χ3n) is 1.87. The molecule has 6 heteroatoms. The van der Waals surface area contributed by atoms with Crippen LogP contribution < -0.4 is 4.74 Å². The van der Waals surface area contributed by atoms with E-state index in [2.05, 4.69) is 32.8 Å². The Hall–Kier alpha value is -0.400. The number of aromatic nitrogens is 2. The summed E-state index contributed by atoms with van der Waals surface area (Å²) in [6.45, 7) is 1.94. The molecule has 0 aliphatic heterocycles. The van der Waals surface area contributed by atoms with Gasteiger partial charge < -0.3 is 4.74 Å². The van der Waals surface area contributed by atoms with Gasteiger partial charge in [0.2, 0.25) is 0 Å². The molecule has 16 heavy (non-hydrogen) atoms. The molecule has 1 atom stereocenters. The molecule has 0 aliphatic rings. The molecule has 1 aromatic heterocycles. The van der Waals surface area contributed by atoms with Crippen molar-refractivity contribution in [2.24, 2.45) is 0 Å². The van der Waals surface area contributed by atoms with Crippen molar-refractivity contribution in [1.82, 2.24) is 10.2 Å². The summed E-state index contributed by atoms with van der Waals surface area (Å²) in [6.07, 6.45) is -0.112. The fourth-order valence-electron chi connectivity index (χ4n) is 1.17. The first kappa shape index (κ1) is 12.1. The van der Waals surface area contributed by atoms with Crippen molar-refractivity contribution in [2.45, 2.75) is 13.0 Å². The van der Waals surface area contributed by atoms with Gasteiger partial charge in [0.15, 0.2) is 8.02 Å². The molecule has 0 radical (unpaired) electrons. The Balaban J connectivity index is 2.10. The lowest BCUT2D eigenvalue weighted by Gasteiger charge is -2.11. The Morgan fingerprint density at radius 2 is 2.25 bits per heavy atom. The minimum Gasteiger partial charge on any atom is -0.483 e. The molecule has 0 amide bonds.